The van der Waals surface area contributed by atoms with Crippen LogP contribution in [0.4, 0.5) is 4.79 Å². The van der Waals surface area contributed by atoms with Crippen molar-refractivity contribution in [3.63, 3.8) is 0 Å². The van der Waals surface area contributed by atoms with Crippen LogP contribution in [-0.4, -0.2) is 30.6 Å². The largest absolute Gasteiger partial charge is 0.323 e. The second-order valence-corrected chi connectivity index (χ2v) is 4.15. The Morgan fingerprint density at radius 1 is 1.40 bits per heavy atom. The van der Waals surface area contributed by atoms with E-state index in [2.05, 4.69) is 16.0 Å². The zero-order valence-electron chi connectivity index (χ0n) is 8.63. The predicted molar refractivity (Wildman–Crippen MR) is 57.9 cm³/mol. The Hall–Kier alpha value is -0.810. The number of halogens is 1. The summed E-state index contributed by atoms with van der Waals surface area (Å²) in [5, 5.41) is 8.24. The van der Waals surface area contributed by atoms with E-state index < -0.39 is 5.54 Å². The summed E-state index contributed by atoms with van der Waals surface area (Å²) in [6.07, 6.45) is 2.04. The van der Waals surface area contributed by atoms with Crippen molar-refractivity contribution in [2.24, 2.45) is 5.92 Å². The smallest absolute Gasteiger partial charge is 0.322 e. The molecule has 0 radical (unpaired) electrons. The van der Waals surface area contributed by atoms with Crippen LogP contribution in [0.25, 0.3) is 0 Å². The fourth-order valence-electron chi connectivity index (χ4n) is 2.19. The molecule has 2 saturated heterocycles. The summed E-state index contributed by atoms with van der Waals surface area (Å²) in [4.78, 5) is 22.6. The Bertz CT molecular complexity index is 279. The Labute approximate surface area is 94.8 Å². The van der Waals surface area contributed by atoms with Gasteiger partial charge in [-0.2, -0.15) is 0 Å². The molecule has 5 nitrogen and oxygen atoms in total. The van der Waals surface area contributed by atoms with Crippen LogP contribution in [0.3, 0.4) is 0 Å². The average molecular weight is 234 g/mol. The van der Waals surface area contributed by atoms with Gasteiger partial charge in [-0.15, -0.1) is 12.4 Å². The van der Waals surface area contributed by atoms with Gasteiger partial charge in [0, 0.05) is 12.5 Å². The molecule has 86 valence electrons. The molecule has 0 aromatic heterocycles. The van der Waals surface area contributed by atoms with Crippen LogP contribution in [0.2, 0.25) is 0 Å². The molecule has 3 amide bonds. The number of carbonyl (C=O) groups excluding carboxylic acids is 2. The van der Waals surface area contributed by atoms with Crippen LogP contribution in [0.15, 0.2) is 0 Å². The normalized spacial score (nSPS) is 35.4. The topological polar surface area (TPSA) is 70.2 Å². The molecule has 2 aliphatic rings. The SMILES string of the molecule is CC1(C2CCCNC2)NC(=O)NC1=O.Cl. The summed E-state index contributed by atoms with van der Waals surface area (Å²) in [5.41, 5.74) is -0.718. The minimum atomic E-state index is -0.718. The van der Waals surface area contributed by atoms with Gasteiger partial charge >= 0.3 is 6.03 Å². The van der Waals surface area contributed by atoms with E-state index in [4.69, 9.17) is 0 Å². The Kier molecular flexibility index (Phi) is 3.57. The van der Waals surface area contributed by atoms with Crippen molar-refractivity contribution in [1.82, 2.24) is 16.0 Å². The molecule has 6 heteroatoms. The fourth-order valence-corrected chi connectivity index (χ4v) is 2.19. The minimum Gasteiger partial charge on any atom is -0.323 e. The van der Waals surface area contributed by atoms with E-state index in [9.17, 15) is 9.59 Å². The highest BCUT2D eigenvalue weighted by Crippen LogP contribution is 2.26. The number of amides is 3. The predicted octanol–water partition coefficient (Wildman–Crippen LogP) is 0.00590. The van der Waals surface area contributed by atoms with Gasteiger partial charge in [-0.1, -0.05) is 0 Å². The highest BCUT2D eigenvalue weighted by atomic mass is 35.5. The summed E-state index contributed by atoms with van der Waals surface area (Å²) in [6.45, 7) is 3.59. The van der Waals surface area contributed by atoms with Crippen molar-refractivity contribution in [1.29, 1.82) is 0 Å². The zero-order chi connectivity index (χ0) is 10.2. The lowest BCUT2D eigenvalue weighted by atomic mass is 9.81. The number of nitrogens with one attached hydrogen (secondary N) is 3. The fraction of sp³-hybridized carbons (Fsp3) is 0.778. The van der Waals surface area contributed by atoms with Gasteiger partial charge in [-0.05, 0) is 26.3 Å². The van der Waals surface area contributed by atoms with Gasteiger partial charge in [-0.3, -0.25) is 10.1 Å². The number of rotatable bonds is 1. The first-order valence-corrected chi connectivity index (χ1v) is 4.97. The molecule has 0 spiro atoms. The number of imide groups is 1. The van der Waals surface area contributed by atoms with Crippen molar-refractivity contribution >= 4 is 24.3 Å². The molecule has 0 bridgehead atoms. The molecule has 0 aromatic carbocycles. The maximum atomic E-state index is 11.6. The molecule has 2 aliphatic heterocycles. The van der Waals surface area contributed by atoms with E-state index in [0.29, 0.717) is 0 Å². The molecule has 3 N–H and O–H groups in total. The number of hydrogen-bond donors (Lipinski definition) is 3. The molecule has 2 heterocycles. The molecule has 2 fully saturated rings. The number of urea groups is 1. The molecule has 2 unspecified atom stereocenters. The molecule has 15 heavy (non-hydrogen) atoms. The molecular formula is C9H16ClN3O2. The molecule has 0 aliphatic carbocycles. The Morgan fingerprint density at radius 3 is 2.60 bits per heavy atom. The Balaban J connectivity index is 0.00000112. The van der Waals surface area contributed by atoms with E-state index in [-0.39, 0.29) is 30.3 Å². The second kappa shape index (κ2) is 4.37. The third-order valence-electron chi connectivity index (χ3n) is 3.19. The lowest BCUT2D eigenvalue weighted by Gasteiger charge is -2.34. The van der Waals surface area contributed by atoms with Gasteiger partial charge in [0.15, 0.2) is 0 Å². The number of carbonyl (C=O) groups is 2. The van der Waals surface area contributed by atoms with E-state index in [1.165, 1.54) is 0 Å². The summed E-state index contributed by atoms with van der Waals surface area (Å²) in [7, 11) is 0. The minimum absolute atomic E-state index is 0. The average Bonchev–Trinajstić information content (AvgIpc) is 2.43. The second-order valence-electron chi connectivity index (χ2n) is 4.15. The first kappa shape index (κ1) is 12.3. The van der Waals surface area contributed by atoms with Crippen LogP contribution < -0.4 is 16.0 Å². The number of piperidine rings is 1. The monoisotopic (exact) mass is 233 g/mol. The van der Waals surface area contributed by atoms with Crippen LogP contribution in [-0.2, 0) is 4.79 Å². The third kappa shape index (κ3) is 2.08. The first-order chi connectivity index (χ1) is 6.63. The van der Waals surface area contributed by atoms with Crippen molar-refractivity contribution in [2.45, 2.75) is 25.3 Å². The lowest BCUT2D eigenvalue weighted by molar-refractivity contribution is -0.125. The van der Waals surface area contributed by atoms with Gasteiger partial charge in [0.2, 0.25) is 0 Å². The Morgan fingerprint density at radius 2 is 2.13 bits per heavy atom. The van der Waals surface area contributed by atoms with Crippen LogP contribution >= 0.6 is 12.4 Å². The van der Waals surface area contributed by atoms with Crippen LogP contribution in [0, 0.1) is 5.92 Å². The van der Waals surface area contributed by atoms with Gasteiger partial charge in [-0.25, -0.2) is 4.79 Å². The maximum absolute atomic E-state index is 11.6. The summed E-state index contributed by atoms with van der Waals surface area (Å²) in [6, 6.07) is -0.372. The van der Waals surface area contributed by atoms with E-state index in [1.807, 2.05) is 0 Å². The summed E-state index contributed by atoms with van der Waals surface area (Å²) in [5.74, 6) is -0.00102. The van der Waals surface area contributed by atoms with E-state index in [0.717, 1.165) is 25.9 Å². The highest BCUT2D eigenvalue weighted by molar-refractivity contribution is 6.06. The maximum Gasteiger partial charge on any atom is 0.322 e. The zero-order valence-corrected chi connectivity index (χ0v) is 9.45. The van der Waals surface area contributed by atoms with Gasteiger partial charge in [0.25, 0.3) is 5.91 Å². The van der Waals surface area contributed by atoms with Crippen molar-refractivity contribution in [3.05, 3.63) is 0 Å². The molecule has 2 atom stereocenters. The molecular weight excluding hydrogens is 218 g/mol. The van der Waals surface area contributed by atoms with Gasteiger partial charge < -0.3 is 10.6 Å². The standard InChI is InChI=1S/C9H15N3O2.ClH/c1-9(6-3-2-4-10-5-6)7(13)11-8(14)12-9;/h6,10H,2-5H2,1H3,(H2,11,12,13,14);1H. The van der Waals surface area contributed by atoms with Crippen LogP contribution in [0.5, 0.6) is 0 Å². The van der Waals surface area contributed by atoms with Crippen LogP contribution in [0.1, 0.15) is 19.8 Å². The molecule has 2 rings (SSSR count). The highest BCUT2D eigenvalue weighted by Gasteiger charge is 2.47. The van der Waals surface area contributed by atoms with Crippen molar-refractivity contribution in [2.75, 3.05) is 13.1 Å². The summed E-state index contributed by atoms with van der Waals surface area (Å²) < 4.78 is 0. The molecule has 0 aromatic rings. The van der Waals surface area contributed by atoms with Crippen molar-refractivity contribution < 1.29 is 9.59 Å². The number of hydrogen-bond acceptors (Lipinski definition) is 3. The quantitative estimate of drug-likeness (QED) is 0.559. The van der Waals surface area contributed by atoms with Crippen molar-refractivity contribution in [3.8, 4) is 0 Å². The molecule has 0 saturated carbocycles. The van der Waals surface area contributed by atoms with E-state index in [1.54, 1.807) is 6.92 Å². The van der Waals surface area contributed by atoms with Gasteiger partial charge in [0.1, 0.15) is 5.54 Å². The summed E-state index contributed by atoms with van der Waals surface area (Å²) >= 11 is 0. The lowest BCUT2D eigenvalue weighted by Crippen LogP contribution is -2.55. The first-order valence-electron chi connectivity index (χ1n) is 4.97. The van der Waals surface area contributed by atoms with E-state index >= 15 is 0 Å². The van der Waals surface area contributed by atoms with Gasteiger partial charge in [0.05, 0.1) is 0 Å². The third-order valence-corrected chi connectivity index (χ3v) is 3.19.